The largest absolute Gasteiger partial charge is 0.495 e. The summed E-state index contributed by atoms with van der Waals surface area (Å²) in [4.78, 5) is 10.9. The van der Waals surface area contributed by atoms with Crippen LogP contribution in [0.15, 0.2) is 6.07 Å². The van der Waals surface area contributed by atoms with Crippen molar-refractivity contribution in [1.82, 2.24) is 4.57 Å². The first kappa shape index (κ1) is 9.08. The van der Waals surface area contributed by atoms with Gasteiger partial charge in [-0.1, -0.05) is 0 Å². The molecule has 76 valence electrons. The van der Waals surface area contributed by atoms with E-state index in [2.05, 4.69) is 0 Å². The lowest BCUT2D eigenvalue weighted by Gasteiger charge is -2.17. The van der Waals surface area contributed by atoms with Gasteiger partial charge in [0.15, 0.2) is 0 Å². The number of carboxylic acid groups (broad SMARTS) is 1. The van der Waals surface area contributed by atoms with E-state index in [1.807, 2.05) is 0 Å². The molecule has 0 aromatic carbocycles. The van der Waals surface area contributed by atoms with Crippen molar-refractivity contribution in [3.05, 3.63) is 17.5 Å². The van der Waals surface area contributed by atoms with Crippen molar-refractivity contribution in [3.63, 3.8) is 0 Å². The van der Waals surface area contributed by atoms with Crippen LogP contribution in [-0.2, 0) is 17.9 Å². The van der Waals surface area contributed by atoms with Crippen molar-refractivity contribution in [3.8, 4) is 5.75 Å². The number of aromatic carboxylic acids is 1. The first-order valence-electron chi connectivity index (χ1n) is 4.31. The molecular formula is C9H11NO4. The summed E-state index contributed by atoms with van der Waals surface area (Å²) in [7, 11) is 1.52. The monoisotopic (exact) mass is 197 g/mol. The van der Waals surface area contributed by atoms with E-state index in [1.54, 1.807) is 4.57 Å². The van der Waals surface area contributed by atoms with Crippen LogP contribution in [0.1, 0.15) is 16.2 Å². The summed E-state index contributed by atoms with van der Waals surface area (Å²) in [6.07, 6.45) is 0. The minimum Gasteiger partial charge on any atom is -0.495 e. The predicted molar refractivity (Wildman–Crippen MR) is 47.6 cm³/mol. The van der Waals surface area contributed by atoms with Crippen molar-refractivity contribution in [2.24, 2.45) is 0 Å². The maximum Gasteiger partial charge on any atom is 0.352 e. The maximum atomic E-state index is 10.9. The molecule has 0 spiro atoms. The minimum absolute atomic E-state index is 0.264. The Hall–Kier alpha value is -1.49. The summed E-state index contributed by atoms with van der Waals surface area (Å²) in [6, 6.07) is 1.53. The predicted octanol–water partition coefficient (Wildman–Crippen LogP) is 0.725. The number of rotatable bonds is 2. The first-order chi connectivity index (χ1) is 6.74. The van der Waals surface area contributed by atoms with Gasteiger partial charge in [0.2, 0.25) is 0 Å². The van der Waals surface area contributed by atoms with Crippen molar-refractivity contribution < 1.29 is 19.4 Å². The number of methoxy groups -OCH3 is 1. The number of carboxylic acids is 1. The van der Waals surface area contributed by atoms with Crippen LogP contribution >= 0.6 is 0 Å². The Balaban J connectivity index is 2.52. The Bertz CT molecular complexity index is 369. The van der Waals surface area contributed by atoms with Gasteiger partial charge in [0, 0.05) is 12.6 Å². The van der Waals surface area contributed by atoms with Crippen LogP contribution in [0.3, 0.4) is 0 Å². The van der Waals surface area contributed by atoms with E-state index < -0.39 is 5.97 Å². The molecule has 14 heavy (non-hydrogen) atoms. The summed E-state index contributed by atoms with van der Waals surface area (Å²) in [5.74, 6) is -0.349. The van der Waals surface area contributed by atoms with E-state index in [9.17, 15) is 4.79 Å². The van der Waals surface area contributed by atoms with Crippen LogP contribution in [0.5, 0.6) is 5.75 Å². The zero-order valence-corrected chi connectivity index (χ0v) is 7.82. The number of carbonyl (C=O) groups is 1. The normalized spacial score (nSPS) is 14.9. The lowest BCUT2D eigenvalue weighted by Crippen LogP contribution is -2.20. The number of hydrogen-bond donors (Lipinski definition) is 1. The second kappa shape index (κ2) is 3.34. The van der Waals surface area contributed by atoms with E-state index >= 15 is 0 Å². The van der Waals surface area contributed by atoms with Gasteiger partial charge in [-0.3, -0.25) is 0 Å². The fraction of sp³-hybridized carbons (Fsp3) is 0.444. The van der Waals surface area contributed by atoms with E-state index in [-0.39, 0.29) is 5.69 Å². The number of nitrogens with zero attached hydrogens (tertiary/aromatic N) is 1. The van der Waals surface area contributed by atoms with Gasteiger partial charge in [0.25, 0.3) is 0 Å². The molecule has 0 radical (unpaired) electrons. The number of aromatic nitrogens is 1. The highest BCUT2D eigenvalue weighted by Gasteiger charge is 2.22. The zero-order chi connectivity index (χ0) is 10.1. The molecule has 5 heteroatoms. The van der Waals surface area contributed by atoms with Gasteiger partial charge in [-0.05, 0) is 0 Å². The highest BCUT2D eigenvalue weighted by molar-refractivity contribution is 5.87. The fourth-order valence-corrected chi connectivity index (χ4v) is 1.65. The maximum absolute atomic E-state index is 10.9. The molecule has 1 N–H and O–H groups in total. The number of hydrogen-bond acceptors (Lipinski definition) is 3. The molecule has 1 aromatic rings. The molecule has 0 unspecified atom stereocenters. The molecule has 0 amide bonds. The quantitative estimate of drug-likeness (QED) is 0.759. The Labute approximate surface area is 80.9 Å². The Morgan fingerprint density at radius 3 is 3.14 bits per heavy atom. The SMILES string of the molecule is COc1cc(C(=O)O)n2c1COCC2. The second-order valence-electron chi connectivity index (χ2n) is 3.05. The van der Waals surface area contributed by atoms with Gasteiger partial charge in [-0.25, -0.2) is 4.79 Å². The summed E-state index contributed by atoms with van der Waals surface area (Å²) in [5.41, 5.74) is 1.07. The number of ether oxygens (including phenoxy) is 2. The molecule has 5 nitrogen and oxygen atoms in total. The van der Waals surface area contributed by atoms with E-state index in [0.29, 0.717) is 25.5 Å². The van der Waals surface area contributed by atoms with Gasteiger partial charge in [0.1, 0.15) is 11.4 Å². The molecule has 0 fully saturated rings. The van der Waals surface area contributed by atoms with Crippen molar-refractivity contribution in [2.75, 3.05) is 13.7 Å². The second-order valence-corrected chi connectivity index (χ2v) is 3.05. The molecule has 0 saturated carbocycles. The van der Waals surface area contributed by atoms with Crippen LogP contribution in [0.2, 0.25) is 0 Å². The molecule has 1 aliphatic rings. The smallest absolute Gasteiger partial charge is 0.352 e. The zero-order valence-electron chi connectivity index (χ0n) is 7.82. The molecule has 2 rings (SSSR count). The standard InChI is InChI=1S/C9H11NO4/c1-13-8-4-6(9(11)12)10-2-3-14-5-7(8)10/h4H,2-3,5H2,1H3,(H,11,12). The fourth-order valence-electron chi connectivity index (χ4n) is 1.65. The van der Waals surface area contributed by atoms with Crippen LogP contribution in [-0.4, -0.2) is 29.4 Å². The van der Waals surface area contributed by atoms with E-state index in [0.717, 1.165) is 5.69 Å². The molecule has 0 bridgehead atoms. The summed E-state index contributed by atoms with van der Waals surface area (Å²) < 4.78 is 12.0. The lowest BCUT2D eigenvalue weighted by atomic mass is 10.4. The third-order valence-corrected chi connectivity index (χ3v) is 2.31. The molecule has 0 aliphatic carbocycles. The highest BCUT2D eigenvalue weighted by Crippen LogP contribution is 2.26. The summed E-state index contributed by atoms with van der Waals surface area (Å²) in [5, 5.41) is 8.93. The van der Waals surface area contributed by atoms with Crippen molar-refractivity contribution >= 4 is 5.97 Å². The van der Waals surface area contributed by atoms with Gasteiger partial charge < -0.3 is 19.1 Å². The van der Waals surface area contributed by atoms with Crippen LogP contribution in [0, 0.1) is 0 Å². The molecule has 0 atom stereocenters. The van der Waals surface area contributed by atoms with Crippen molar-refractivity contribution in [2.45, 2.75) is 13.2 Å². The summed E-state index contributed by atoms with van der Waals surface area (Å²) >= 11 is 0. The molecular weight excluding hydrogens is 186 g/mol. The van der Waals surface area contributed by atoms with Crippen LogP contribution < -0.4 is 4.74 Å². The van der Waals surface area contributed by atoms with Crippen LogP contribution in [0.4, 0.5) is 0 Å². The van der Waals surface area contributed by atoms with Gasteiger partial charge in [-0.15, -0.1) is 0 Å². The van der Waals surface area contributed by atoms with Gasteiger partial charge in [-0.2, -0.15) is 0 Å². The Kier molecular flexibility index (Phi) is 2.17. The third kappa shape index (κ3) is 1.26. The average Bonchev–Trinajstić information content (AvgIpc) is 2.56. The molecule has 2 heterocycles. The molecule has 0 saturated heterocycles. The van der Waals surface area contributed by atoms with Crippen molar-refractivity contribution in [1.29, 1.82) is 0 Å². The molecule has 1 aromatic heterocycles. The van der Waals surface area contributed by atoms with Gasteiger partial charge >= 0.3 is 5.97 Å². The Morgan fingerprint density at radius 1 is 1.71 bits per heavy atom. The van der Waals surface area contributed by atoms with E-state index in [4.69, 9.17) is 14.6 Å². The van der Waals surface area contributed by atoms with Crippen LogP contribution in [0.25, 0.3) is 0 Å². The Morgan fingerprint density at radius 2 is 2.50 bits per heavy atom. The van der Waals surface area contributed by atoms with E-state index in [1.165, 1.54) is 13.2 Å². The molecule has 1 aliphatic heterocycles. The lowest BCUT2D eigenvalue weighted by molar-refractivity contribution is 0.0644. The summed E-state index contributed by atoms with van der Waals surface area (Å²) in [6.45, 7) is 1.53. The number of fused-ring (bicyclic) bond motifs is 1. The first-order valence-corrected chi connectivity index (χ1v) is 4.31. The topological polar surface area (TPSA) is 60.7 Å². The van der Waals surface area contributed by atoms with Gasteiger partial charge in [0.05, 0.1) is 26.0 Å². The minimum atomic E-state index is -0.934. The third-order valence-electron chi connectivity index (χ3n) is 2.31. The average molecular weight is 197 g/mol. The highest BCUT2D eigenvalue weighted by atomic mass is 16.5.